The van der Waals surface area contributed by atoms with E-state index in [0.29, 0.717) is 18.4 Å². The second-order valence-electron chi connectivity index (χ2n) is 8.95. The summed E-state index contributed by atoms with van der Waals surface area (Å²) in [6, 6.07) is 0. The van der Waals surface area contributed by atoms with E-state index < -0.39 is 0 Å². The minimum atomic E-state index is -0.250. The van der Waals surface area contributed by atoms with Crippen LogP contribution in [0.3, 0.4) is 0 Å². The first kappa shape index (κ1) is 19.6. The van der Waals surface area contributed by atoms with Crippen LogP contribution in [0.5, 0.6) is 0 Å². The fraction of sp³-hybridized carbons (Fsp3) is 0.905. The first-order valence-corrected chi connectivity index (χ1v) is 11.9. The summed E-state index contributed by atoms with van der Waals surface area (Å²) in [5.74, 6) is 4.54. The van der Waals surface area contributed by atoms with Gasteiger partial charge in [-0.2, -0.15) is 11.8 Å². The van der Waals surface area contributed by atoms with E-state index in [4.69, 9.17) is 9.47 Å². The molecule has 1 saturated heterocycles. The molecule has 5 aliphatic rings. The molecule has 0 aromatic heterocycles. The second kappa shape index (κ2) is 8.32. The lowest BCUT2D eigenvalue weighted by atomic mass is 9.49. The molecule has 0 atom stereocenters. The number of hydrogen-bond donors (Lipinski definition) is 0. The third-order valence-electron chi connectivity index (χ3n) is 7.40. The van der Waals surface area contributed by atoms with Crippen LogP contribution in [0.2, 0.25) is 0 Å². The lowest BCUT2D eigenvalue weighted by Crippen LogP contribution is -2.59. The van der Waals surface area contributed by atoms with E-state index in [1.165, 1.54) is 32.1 Å². The Bertz CT molecular complexity index is 532. The number of rotatable bonds is 7. The monoisotopic (exact) mass is 395 g/mol. The van der Waals surface area contributed by atoms with Crippen LogP contribution in [0.25, 0.3) is 0 Å². The molecule has 0 N–H and O–H groups in total. The molecular weight excluding hydrogens is 362 g/mol. The first-order valence-electron chi connectivity index (χ1n) is 10.8. The summed E-state index contributed by atoms with van der Waals surface area (Å²) >= 11 is 1.92. The minimum absolute atomic E-state index is 0.140. The van der Waals surface area contributed by atoms with Gasteiger partial charge in [-0.05, 0) is 62.2 Å². The smallest absolute Gasteiger partial charge is 0.320 e. The number of hydrogen-bond acceptors (Lipinski definition) is 6. The van der Waals surface area contributed by atoms with Crippen molar-refractivity contribution in [2.24, 2.45) is 23.7 Å². The Morgan fingerprint density at radius 3 is 2.22 bits per heavy atom. The van der Waals surface area contributed by atoms with Gasteiger partial charge in [-0.3, -0.25) is 14.5 Å². The molecule has 152 valence electrons. The van der Waals surface area contributed by atoms with Crippen molar-refractivity contribution in [3.8, 4) is 0 Å². The van der Waals surface area contributed by atoms with E-state index in [2.05, 4.69) is 11.8 Å². The van der Waals surface area contributed by atoms with Gasteiger partial charge in [0.1, 0.15) is 12.2 Å². The summed E-state index contributed by atoms with van der Waals surface area (Å²) < 4.78 is 11.5. The topological polar surface area (TPSA) is 55.8 Å². The van der Waals surface area contributed by atoms with Gasteiger partial charge >= 0.3 is 11.9 Å². The zero-order chi connectivity index (χ0) is 18.9. The fourth-order valence-electron chi connectivity index (χ4n) is 6.30. The fourth-order valence-corrected chi connectivity index (χ4v) is 7.28. The Morgan fingerprint density at radius 1 is 1.00 bits per heavy atom. The highest BCUT2D eigenvalue weighted by atomic mass is 32.2. The van der Waals surface area contributed by atoms with Crippen LogP contribution in [0, 0.1) is 23.7 Å². The molecule has 0 radical (unpaired) electrons. The molecule has 0 unspecified atom stereocenters. The molecule has 1 heterocycles. The van der Waals surface area contributed by atoms with E-state index in [1.54, 1.807) is 0 Å². The van der Waals surface area contributed by atoms with E-state index in [1.807, 2.05) is 11.8 Å². The van der Waals surface area contributed by atoms with Crippen molar-refractivity contribution in [2.45, 2.75) is 57.5 Å². The quantitative estimate of drug-likeness (QED) is 0.618. The average molecular weight is 396 g/mol. The molecule has 6 heteroatoms. The SMILES string of the molecule is CCC1(OC(=O)CCOC(=O)CN2CCSCC2)C2CC3CC(C2)CC1C3. The summed E-state index contributed by atoms with van der Waals surface area (Å²) in [7, 11) is 0. The van der Waals surface area contributed by atoms with Crippen molar-refractivity contribution < 1.29 is 19.1 Å². The van der Waals surface area contributed by atoms with Crippen molar-refractivity contribution in [3.63, 3.8) is 0 Å². The summed E-state index contributed by atoms with van der Waals surface area (Å²) in [4.78, 5) is 26.6. The zero-order valence-corrected chi connectivity index (χ0v) is 17.3. The molecule has 4 aliphatic carbocycles. The molecule has 0 aromatic carbocycles. The van der Waals surface area contributed by atoms with Gasteiger partial charge in [0.05, 0.1) is 13.0 Å². The summed E-state index contributed by atoms with van der Waals surface area (Å²) in [6.07, 6.45) is 7.42. The van der Waals surface area contributed by atoms with Gasteiger partial charge < -0.3 is 9.47 Å². The van der Waals surface area contributed by atoms with Gasteiger partial charge in [0.2, 0.25) is 0 Å². The number of carbonyl (C=O) groups excluding carboxylic acids is 2. The number of esters is 2. The summed E-state index contributed by atoms with van der Waals surface area (Å²) in [5.41, 5.74) is -0.250. The van der Waals surface area contributed by atoms with E-state index >= 15 is 0 Å². The van der Waals surface area contributed by atoms with E-state index in [9.17, 15) is 9.59 Å². The minimum Gasteiger partial charge on any atom is -0.464 e. The highest BCUT2D eigenvalue weighted by molar-refractivity contribution is 7.99. The first-order chi connectivity index (χ1) is 13.1. The van der Waals surface area contributed by atoms with E-state index in [-0.39, 0.29) is 30.6 Å². The lowest BCUT2D eigenvalue weighted by Gasteiger charge is -2.60. The number of nitrogens with zero attached hydrogens (tertiary/aromatic N) is 1. The van der Waals surface area contributed by atoms with Crippen LogP contribution in [0.4, 0.5) is 0 Å². The predicted molar refractivity (Wildman–Crippen MR) is 106 cm³/mol. The van der Waals surface area contributed by atoms with Crippen LogP contribution in [-0.4, -0.2) is 60.2 Å². The number of thioether (sulfide) groups is 1. The largest absolute Gasteiger partial charge is 0.464 e. The molecule has 1 aliphatic heterocycles. The van der Waals surface area contributed by atoms with Gasteiger partial charge in [0.25, 0.3) is 0 Å². The Hall–Kier alpha value is -0.750. The van der Waals surface area contributed by atoms with Crippen LogP contribution in [-0.2, 0) is 19.1 Å². The normalized spacial score (nSPS) is 38.0. The lowest BCUT2D eigenvalue weighted by molar-refractivity contribution is -0.211. The van der Waals surface area contributed by atoms with E-state index in [0.717, 1.165) is 42.9 Å². The molecule has 4 saturated carbocycles. The average Bonchev–Trinajstić information content (AvgIpc) is 2.65. The second-order valence-corrected chi connectivity index (χ2v) is 10.2. The van der Waals surface area contributed by atoms with Crippen molar-refractivity contribution in [1.82, 2.24) is 4.90 Å². The highest BCUT2D eigenvalue weighted by Crippen LogP contribution is 2.60. The van der Waals surface area contributed by atoms with Crippen LogP contribution in [0.1, 0.15) is 51.9 Å². The standard InChI is InChI=1S/C21H33NO4S/c1-2-21(17-10-15-9-16(12-17)13-18(21)11-15)26-19(23)3-6-25-20(24)14-22-4-7-27-8-5-22/h15-18H,2-14H2,1H3. The third kappa shape index (κ3) is 4.16. The van der Waals surface area contributed by atoms with Crippen molar-refractivity contribution in [3.05, 3.63) is 0 Å². The van der Waals surface area contributed by atoms with Crippen LogP contribution >= 0.6 is 11.8 Å². The molecule has 0 spiro atoms. The van der Waals surface area contributed by atoms with Crippen molar-refractivity contribution >= 4 is 23.7 Å². The summed E-state index contributed by atoms with van der Waals surface area (Å²) in [5, 5.41) is 0. The molecular formula is C21H33NO4S. The maximum Gasteiger partial charge on any atom is 0.320 e. The van der Waals surface area contributed by atoms with Crippen molar-refractivity contribution in [2.75, 3.05) is 37.7 Å². The van der Waals surface area contributed by atoms with Gasteiger partial charge in [0.15, 0.2) is 0 Å². The van der Waals surface area contributed by atoms with Gasteiger partial charge in [-0.25, -0.2) is 0 Å². The molecule has 0 aromatic rings. The number of carbonyl (C=O) groups is 2. The molecule has 5 fully saturated rings. The third-order valence-corrected chi connectivity index (χ3v) is 8.34. The summed E-state index contributed by atoms with van der Waals surface area (Å²) in [6.45, 7) is 4.52. The highest BCUT2D eigenvalue weighted by Gasteiger charge is 2.58. The molecule has 27 heavy (non-hydrogen) atoms. The molecule has 4 bridgehead atoms. The predicted octanol–water partition coefficient (Wildman–Crippen LogP) is 3.12. The molecule has 5 nitrogen and oxygen atoms in total. The Kier molecular flexibility index (Phi) is 6.03. The Labute approximate surface area is 166 Å². The van der Waals surface area contributed by atoms with Crippen LogP contribution < -0.4 is 0 Å². The van der Waals surface area contributed by atoms with Gasteiger partial charge in [-0.15, -0.1) is 0 Å². The Balaban J connectivity index is 1.23. The van der Waals surface area contributed by atoms with Gasteiger partial charge in [-0.1, -0.05) is 6.92 Å². The zero-order valence-electron chi connectivity index (χ0n) is 16.5. The Morgan fingerprint density at radius 2 is 1.63 bits per heavy atom. The van der Waals surface area contributed by atoms with Crippen molar-refractivity contribution in [1.29, 1.82) is 0 Å². The molecule has 5 rings (SSSR count). The number of ether oxygens (including phenoxy) is 2. The van der Waals surface area contributed by atoms with Gasteiger partial charge in [0, 0.05) is 24.6 Å². The maximum absolute atomic E-state index is 12.5. The maximum atomic E-state index is 12.5. The molecule has 0 amide bonds. The van der Waals surface area contributed by atoms with Crippen LogP contribution in [0.15, 0.2) is 0 Å².